The third-order valence-corrected chi connectivity index (χ3v) is 4.20. The van der Waals surface area contributed by atoms with Crippen LogP contribution in [-0.2, 0) is 16.0 Å². The molecule has 2 amide bonds. The molecule has 1 rings (SSSR count). The molecule has 1 aromatic rings. The predicted molar refractivity (Wildman–Crippen MR) is 94.8 cm³/mol. The normalized spacial score (nSPS) is 13.3. The Hall–Kier alpha value is -2.08. The summed E-state index contributed by atoms with van der Waals surface area (Å²) in [4.78, 5) is 25.7. The number of ether oxygens (including phenoxy) is 1. The highest BCUT2D eigenvalue weighted by Crippen LogP contribution is 2.20. The molecule has 134 valence electrons. The molecule has 6 heteroatoms. The van der Waals surface area contributed by atoms with Crippen molar-refractivity contribution in [3.8, 4) is 5.75 Å². The van der Waals surface area contributed by atoms with Gasteiger partial charge in [0, 0.05) is 13.1 Å². The van der Waals surface area contributed by atoms with Crippen LogP contribution in [0.25, 0.3) is 0 Å². The summed E-state index contributed by atoms with van der Waals surface area (Å²) in [5.41, 5.74) is 6.81. The Morgan fingerprint density at radius 2 is 1.88 bits per heavy atom. The van der Waals surface area contributed by atoms with E-state index in [1.165, 1.54) is 0 Å². The molecule has 1 unspecified atom stereocenters. The topological polar surface area (TPSA) is 84.7 Å². The Balaban J connectivity index is 2.57. The second-order valence-corrected chi connectivity index (χ2v) is 6.36. The van der Waals surface area contributed by atoms with E-state index < -0.39 is 6.04 Å². The Labute approximate surface area is 144 Å². The fraction of sp³-hybridized carbons (Fsp3) is 0.556. The largest absolute Gasteiger partial charge is 0.496 e. The van der Waals surface area contributed by atoms with E-state index in [0.29, 0.717) is 6.42 Å². The number of hydrogen-bond donors (Lipinski definition) is 2. The first kappa shape index (κ1) is 20.0. The number of hydrogen-bond acceptors (Lipinski definition) is 4. The standard InChI is InChI=1S/C18H29N3O3/c1-12(2)17(19)18(23)20-11-16(22)21(4)13(3)10-14-8-6-7-9-15(14)24-5/h6-9,12-13,17H,10-11,19H2,1-5H3,(H,20,23)/t13?,17-/m0/s1. The van der Waals surface area contributed by atoms with Gasteiger partial charge in [-0.15, -0.1) is 0 Å². The van der Waals surface area contributed by atoms with Crippen molar-refractivity contribution in [1.82, 2.24) is 10.2 Å². The number of carbonyl (C=O) groups excluding carboxylic acids is 2. The van der Waals surface area contributed by atoms with Gasteiger partial charge in [-0.1, -0.05) is 32.0 Å². The molecular formula is C18H29N3O3. The molecule has 6 nitrogen and oxygen atoms in total. The fourth-order valence-corrected chi connectivity index (χ4v) is 2.28. The van der Waals surface area contributed by atoms with Crippen LogP contribution in [0.5, 0.6) is 5.75 Å². The maximum Gasteiger partial charge on any atom is 0.241 e. The maximum atomic E-state index is 12.3. The molecule has 0 radical (unpaired) electrons. The second kappa shape index (κ2) is 9.27. The minimum atomic E-state index is -0.603. The average Bonchev–Trinajstić information content (AvgIpc) is 2.58. The van der Waals surface area contributed by atoms with E-state index >= 15 is 0 Å². The summed E-state index contributed by atoms with van der Waals surface area (Å²) in [5, 5.41) is 2.61. The van der Waals surface area contributed by atoms with Crippen molar-refractivity contribution >= 4 is 11.8 Å². The van der Waals surface area contributed by atoms with E-state index in [9.17, 15) is 9.59 Å². The number of likely N-dealkylation sites (N-methyl/N-ethyl adjacent to an activating group) is 1. The van der Waals surface area contributed by atoms with E-state index in [2.05, 4.69) is 5.32 Å². The molecule has 3 N–H and O–H groups in total. The van der Waals surface area contributed by atoms with Crippen molar-refractivity contribution in [2.45, 2.75) is 39.3 Å². The van der Waals surface area contributed by atoms with Crippen molar-refractivity contribution in [2.24, 2.45) is 11.7 Å². The summed E-state index contributed by atoms with van der Waals surface area (Å²) < 4.78 is 5.34. The maximum absolute atomic E-state index is 12.3. The van der Waals surface area contributed by atoms with Gasteiger partial charge in [-0.05, 0) is 30.9 Å². The van der Waals surface area contributed by atoms with Gasteiger partial charge >= 0.3 is 0 Å². The molecule has 0 aromatic heterocycles. The number of carbonyl (C=O) groups is 2. The van der Waals surface area contributed by atoms with Crippen LogP contribution in [0, 0.1) is 5.92 Å². The summed E-state index contributed by atoms with van der Waals surface area (Å²) in [7, 11) is 3.36. The highest BCUT2D eigenvalue weighted by Gasteiger charge is 2.21. The zero-order valence-electron chi connectivity index (χ0n) is 15.2. The lowest BCUT2D eigenvalue weighted by Gasteiger charge is -2.26. The van der Waals surface area contributed by atoms with Crippen LogP contribution < -0.4 is 15.8 Å². The lowest BCUT2D eigenvalue weighted by Crippen LogP contribution is -2.48. The van der Waals surface area contributed by atoms with Crippen LogP contribution in [0.3, 0.4) is 0 Å². The first-order valence-corrected chi connectivity index (χ1v) is 8.18. The number of nitrogens with two attached hydrogens (primary N) is 1. The van der Waals surface area contributed by atoms with Gasteiger partial charge < -0.3 is 20.7 Å². The van der Waals surface area contributed by atoms with E-state index in [4.69, 9.17) is 10.5 Å². The van der Waals surface area contributed by atoms with Gasteiger partial charge in [-0.2, -0.15) is 0 Å². The average molecular weight is 335 g/mol. The van der Waals surface area contributed by atoms with Gasteiger partial charge in [-0.3, -0.25) is 9.59 Å². The van der Waals surface area contributed by atoms with Crippen molar-refractivity contribution in [1.29, 1.82) is 0 Å². The van der Waals surface area contributed by atoms with Crippen LogP contribution in [0.4, 0.5) is 0 Å². The number of para-hydroxylation sites is 1. The number of nitrogens with zero attached hydrogens (tertiary/aromatic N) is 1. The highest BCUT2D eigenvalue weighted by atomic mass is 16.5. The molecule has 0 bridgehead atoms. The zero-order valence-corrected chi connectivity index (χ0v) is 15.2. The predicted octanol–water partition coefficient (Wildman–Crippen LogP) is 1.18. The van der Waals surface area contributed by atoms with Gasteiger partial charge in [0.15, 0.2) is 0 Å². The molecule has 0 fully saturated rings. The summed E-state index contributed by atoms with van der Waals surface area (Å²) in [6.07, 6.45) is 0.672. The Bertz CT molecular complexity index is 560. The molecule has 0 aliphatic rings. The van der Waals surface area contributed by atoms with Crippen molar-refractivity contribution in [3.05, 3.63) is 29.8 Å². The van der Waals surface area contributed by atoms with E-state index in [1.807, 2.05) is 45.0 Å². The Kier molecular flexibility index (Phi) is 7.71. The van der Waals surface area contributed by atoms with Crippen molar-refractivity contribution in [3.63, 3.8) is 0 Å². The zero-order chi connectivity index (χ0) is 18.3. The van der Waals surface area contributed by atoms with E-state index in [-0.39, 0.29) is 30.3 Å². The molecule has 0 aliphatic carbocycles. The number of methoxy groups -OCH3 is 1. The molecule has 0 saturated carbocycles. The summed E-state index contributed by atoms with van der Waals surface area (Å²) in [6.45, 7) is 5.65. The smallest absolute Gasteiger partial charge is 0.241 e. The third-order valence-electron chi connectivity index (χ3n) is 4.20. The number of nitrogens with one attached hydrogen (secondary N) is 1. The number of benzene rings is 1. The molecule has 0 spiro atoms. The fourth-order valence-electron chi connectivity index (χ4n) is 2.28. The third kappa shape index (κ3) is 5.53. The molecule has 1 aromatic carbocycles. The van der Waals surface area contributed by atoms with Gasteiger partial charge in [0.05, 0.1) is 19.7 Å². The highest BCUT2D eigenvalue weighted by molar-refractivity contribution is 5.87. The van der Waals surface area contributed by atoms with Crippen LogP contribution in [0.1, 0.15) is 26.3 Å². The summed E-state index contributed by atoms with van der Waals surface area (Å²) in [6, 6.07) is 7.11. The molecule has 0 aliphatic heterocycles. The molecule has 0 heterocycles. The van der Waals surface area contributed by atoms with Crippen molar-refractivity contribution in [2.75, 3.05) is 20.7 Å². The van der Waals surface area contributed by atoms with Gasteiger partial charge in [0.25, 0.3) is 0 Å². The number of rotatable bonds is 8. The minimum Gasteiger partial charge on any atom is -0.496 e. The van der Waals surface area contributed by atoms with Crippen molar-refractivity contribution < 1.29 is 14.3 Å². The molecule has 0 saturated heterocycles. The van der Waals surface area contributed by atoms with Gasteiger partial charge in [0.2, 0.25) is 11.8 Å². The second-order valence-electron chi connectivity index (χ2n) is 6.36. The van der Waals surface area contributed by atoms with Crippen LogP contribution in [-0.4, -0.2) is 49.5 Å². The molecule has 2 atom stereocenters. The lowest BCUT2D eigenvalue weighted by atomic mass is 10.0. The van der Waals surface area contributed by atoms with E-state index in [0.717, 1.165) is 11.3 Å². The molecule has 24 heavy (non-hydrogen) atoms. The first-order valence-electron chi connectivity index (χ1n) is 8.18. The lowest BCUT2D eigenvalue weighted by molar-refractivity contribution is -0.133. The summed E-state index contributed by atoms with van der Waals surface area (Å²) in [5.74, 6) is 0.384. The SMILES string of the molecule is COc1ccccc1CC(C)N(C)C(=O)CNC(=O)[C@@H](N)C(C)C. The Morgan fingerprint density at radius 3 is 2.46 bits per heavy atom. The van der Waals surface area contributed by atoms with Crippen LogP contribution in [0.15, 0.2) is 24.3 Å². The van der Waals surface area contributed by atoms with Crippen LogP contribution >= 0.6 is 0 Å². The van der Waals surface area contributed by atoms with Gasteiger partial charge in [-0.25, -0.2) is 0 Å². The van der Waals surface area contributed by atoms with E-state index in [1.54, 1.807) is 19.1 Å². The monoisotopic (exact) mass is 335 g/mol. The Morgan fingerprint density at radius 1 is 1.25 bits per heavy atom. The van der Waals surface area contributed by atoms with Gasteiger partial charge in [0.1, 0.15) is 5.75 Å². The number of amides is 2. The first-order chi connectivity index (χ1) is 11.3. The minimum absolute atomic E-state index is 0.0236. The summed E-state index contributed by atoms with van der Waals surface area (Å²) >= 11 is 0. The molecular weight excluding hydrogens is 306 g/mol. The van der Waals surface area contributed by atoms with Crippen LogP contribution in [0.2, 0.25) is 0 Å². The quantitative estimate of drug-likeness (QED) is 0.747.